The Morgan fingerprint density at radius 2 is 1.86 bits per heavy atom. The Hall–Kier alpha value is -3.59. The third kappa shape index (κ3) is 4.81. The number of rotatable bonds is 9. The maximum atomic E-state index is 13.3. The molecule has 0 saturated carbocycles. The Morgan fingerprint density at radius 3 is 2.46 bits per heavy atom. The van der Waals surface area contributed by atoms with Gasteiger partial charge in [-0.1, -0.05) is 26.0 Å². The number of aliphatic hydroxyl groups is 1. The van der Waals surface area contributed by atoms with Gasteiger partial charge in [0, 0.05) is 24.3 Å². The zero-order valence-corrected chi connectivity index (χ0v) is 21.1. The topological polar surface area (TPSA) is 112 Å². The number of carbonyl (C=O) groups is 3. The number of benzene rings is 1. The Balaban J connectivity index is 2.20. The minimum absolute atomic E-state index is 0.0237. The number of nitrogens with one attached hydrogen (secondary N) is 1. The molecular formula is C26H33N3O6. The van der Waals surface area contributed by atoms with Crippen LogP contribution in [0.2, 0.25) is 0 Å². The summed E-state index contributed by atoms with van der Waals surface area (Å²) in [6, 6.07) is 6.30. The van der Waals surface area contributed by atoms with Crippen molar-refractivity contribution in [2.75, 3.05) is 40.4 Å². The second-order valence-corrected chi connectivity index (χ2v) is 8.41. The van der Waals surface area contributed by atoms with Crippen LogP contribution >= 0.6 is 0 Å². The number of ketones is 1. The molecular weight excluding hydrogens is 450 g/mol. The number of likely N-dealkylation sites (N-methyl/N-ethyl adjacent to an activating group) is 1. The summed E-state index contributed by atoms with van der Waals surface area (Å²) >= 11 is 0. The predicted molar refractivity (Wildman–Crippen MR) is 131 cm³/mol. The maximum Gasteiger partial charge on any atom is 0.354 e. The lowest BCUT2D eigenvalue weighted by Gasteiger charge is -2.28. The average molecular weight is 484 g/mol. The molecule has 1 aromatic heterocycles. The van der Waals surface area contributed by atoms with Gasteiger partial charge in [-0.15, -0.1) is 0 Å². The minimum Gasteiger partial charge on any atom is -0.507 e. The summed E-state index contributed by atoms with van der Waals surface area (Å²) in [5.74, 6) is -1.80. The van der Waals surface area contributed by atoms with E-state index < -0.39 is 23.7 Å². The number of Topliss-reactive ketones (excluding diaryl/α,β-unsaturated/α-hetero) is 1. The third-order valence-electron chi connectivity index (χ3n) is 6.56. The summed E-state index contributed by atoms with van der Waals surface area (Å²) in [7, 11) is 2.80. The fraction of sp³-hybridized carbons (Fsp3) is 0.423. The van der Waals surface area contributed by atoms with Gasteiger partial charge in [0.2, 0.25) is 0 Å². The molecule has 1 amide bonds. The van der Waals surface area contributed by atoms with E-state index >= 15 is 0 Å². The second-order valence-electron chi connectivity index (χ2n) is 8.41. The highest BCUT2D eigenvalue weighted by Crippen LogP contribution is 2.41. The van der Waals surface area contributed by atoms with Crippen LogP contribution in [0.1, 0.15) is 52.8 Å². The molecule has 35 heavy (non-hydrogen) atoms. The van der Waals surface area contributed by atoms with Crippen LogP contribution in [-0.4, -0.2) is 77.9 Å². The fourth-order valence-corrected chi connectivity index (χ4v) is 4.60. The normalized spacial score (nSPS) is 17.3. The zero-order chi connectivity index (χ0) is 25.9. The van der Waals surface area contributed by atoms with Gasteiger partial charge in [0.15, 0.2) is 0 Å². The summed E-state index contributed by atoms with van der Waals surface area (Å²) in [6.45, 7) is 9.91. The Kier molecular flexibility index (Phi) is 8.01. The van der Waals surface area contributed by atoms with Gasteiger partial charge >= 0.3 is 5.97 Å². The largest absolute Gasteiger partial charge is 0.507 e. The molecule has 0 radical (unpaired) electrons. The molecule has 1 aromatic carbocycles. The first-order valence-electron chi connectivity index (χ1n) is 11.6. The van der Waals surface area contributed by atoms with E-state index in [0.29, 0.717) is 41.2 Å². The van der Waals surface area contributed by atoms with Gasteiger partial charge in [0.1, 0.15) is 17.2 Å². The van der Waals surface area contributed by atoms with Gasteiger partial charge in [-0.3, -0.25) is 9.59 Å². The smallest absolute Gasteiger partial charge is 0.354 e. The van der Waals surface area contributed by atoms with Crippen LogP contribution < -0.4 is 4.74 Å². The fourth-order valence-electron chi connectivity index (χ4n) is 4.60. The molecule has 2 heterocycles. The van der Waals surface area contributed by atoms with E-state index in [0.717, 1.165) is 13.1 Å². The molecule has 0 bridgehead atoms. The van der Waals surface area contributed by atoms with E-state index in [4.69, 9.17) is 9.47 Å². The molecule has 1 saturated heterocycles. The number of nitrogens with zero attached hydrogens (tertiary/aromatic N) is 2. The molecule has 1 aliphatic rings. The van der Waals surface area contributed by atoms with Crippen molar-refractivity contribution < 1.29 is 29.0 Å². The Bertz CT molecular complexity index is 1160. The van der Waals surface area contributed by atoms with E-state index in [9.17, 15) is 19.5 Å². The number of hydrogen-bond donors (Lipinski definition) is 2. The van der Waals surface area contributed by atoms with E-state index in [-0.39, 0.29) is 17.0 Å². The van der Waals surface area contributed by atoms with Crippen molar-refractivity contribution in [3.8, 4) is 5.75 Å². The van der Waals surface area contributed by atoms with Crippen LogP contribution in [0.3, 0.4) is 0 Å². The van der Waals surface area contributed by atoms with Crippen LogP contribution in [0.15, 0.2) is 29.8 Å². The predicted octanol–water partition coefficient (Wildman–Crippen LogP) is 3.19. The number of H-pyrrole nitrogens is 1. The van der Waals surface area contributed by atoms with Crippen LogP contribution in [-0.2, 0) is 14.3 Å². The second kappa shape index (κ2) is 10.8. The molecule has 0 unspecified atom stereocenters. The third-order valence-corrected chi connectivity index (χ3v) is 6.56. The highest BCUT2D eigenvalue weighted by Gasteiger charge is 2.46. The molecule has 3 rings (SSSR count). The molecule has 9 heteroatoms. The zero-order valence-electron chi connectivity index (χ0n) is 21.1. The molecule has 2 N–H and O–H groups in total. The number of aromatic nitrogens is 1. The van der Waals surface area contributed by atoms with Crippen LogP contribution in [0, 0.1) is 13.8 Å². The number of ether oxygens (including phenoxy) is 2. The van der Waals surface area contributed by atoms with Gasteiger partial charge in [-0.25, -0.2) is 4.79 Å². The molecule has 1 aliphatic heterocycles. The summed E-state index contributed by atoms with van der Waals surface area (Å²) in [5.41, 5.74) is 2.03. The molecule has 188 valence electrons. The van der Waals surface area contributed by atoms with Crippen molar-refractivity contribution >= 4 is 23.4 Å². The summed E-state index contributed by atoms with van der Waals surface area (Å²) in [6.07, 6.45) is 0. The molecule has 0 aliphatic carbocycles. The van der Waals surface area contributed by atoms with Crippen molar-refractivity contribution in [1.82, 2.24) is 14.8 Å². The van der Waals surface area contributed by atoms with Crippen LogP contribution in [0.25, 0.3) is 5.76 Å². The van der Waals surface area contributed by atoms with E-state index in [1.54, 1.807) is 38.1 Å². The monoisotopic (exact) mass is 483 g/mol. The van der Waals surface area contributed by atoms with Gasteiger partial charge < -0.3 is 29.4 Å². The van der Waals surface area contributed by atoms with Gasteiger partial charge in [-0.2, -0.15) is 0 Å². The number of likely N-dealkylation sites (tertiary alicyclic amines) is 1. The molecule has 1 fully saturated rings. The van der Waals surface area contributed by atoms with Crippen LogP contribution in [0.5, 0.6) is 5.75 Å². The van der Waals surface area contributed by atoms with Gasteiger partial charge in [0.25, 0.3) is 11.7 Å². The Morgan fingerprint density at radius 1 is 1.17 bits per heavy atom. The lowest BCUT2D eigenvalue weighted by Crippen LogP contribution is -2.38. The molecule has 2 aromatic rings. The number of amides is 1. The van der Waals surface area contributed by atoms with Crippen molar-refractivity contribution in [3.05, 3.63) is 57.9 Å². The lowest BCUT2D eigenvalue weighted by molar-refractivity contribution is -0.140. The molecule has 9 nitrogen and oxygen atoms in total. The number of aryl methyl sites for hydroxylation is 1. The Labute approximate surface area is 205 Å². The van der Waals surface area contributed by atoms with Crippen molar-refractivity contribution in [3.63, 3.8) is 0 Å². The highest BCUT2D eigenvalue weighted by molar-refractivity contribution is 6.46. The first-order chi connectivity index (χ1) is 16.7. The van der Waals surface area contributed by atoms with E-state index in [2.05, 4.69) is 9.88 Å². The van der Waals surface area contributed by atoms with Gasteiger partial charge in [0.05, 0.1) is 25.8 Å². The van der Waals surface area contributed by atoms with Crippen molar-refractivity contribution in [2.45, 2.75) is 33.7 Å². The number of carbonyl (C=O) groups excluding carboxylic acids is 3. The quantitative estimate of drug-likeness (QED) is 0.244. The first-order valence-corrected chi connectivity index (χ1v) is 11.6. The van der Waals surface area contributed by atoms with Gasteiger partial charge in [-0.05, 0) is 50.2 Å². The number of hydrogen-bond acceptors (Lipinski definition) is 7. The molecule has 0 spiro atoms. The van der Waals surface area contributed by atoms with Crippen LogP contribution in [0.4, 0.5) is 0 Å². The van der Waals surface area contributed by atoms with Crippen molar-refractivity contribution in [2.24, 2.45) is 0 Å². The number of methoxy groups -OCH3 is 2. The number of aliphatic hydroxyl groups excluding tert-OH is 1. The van der Waals surface area contributed by atoms with Crippen molar-refractivity contribution in [1.29, 1.82) is 0 Å². The summed E-state index contributed by atoms with van der Waals surface area (Å²) in [5, 5.41) is 11.4. The minimum atomic E-state index is -0.809. The highest BCUT2D eigenvalue weighted by atomic mass is 16.5. The summed E-state index contributed by atoms with van der Waals surface area (Å²) < 4.78 is 10.2. The lowest BCUT2D eigenvalue weighted by atomic mass is 9.94. The number of aromatic amines is 1. The number of esters is 1. The van der Waals surface area contributed by atoms with E-state index in [1.165, 1.54) is 19.1 Å². The average Bonchev–Trinajstić information content (AvgIpc) is 3.30. The van der Waals surface area contributed by atoms with E-state index in [1.807, 2.05) is 13.8 Å². The molecule has 1 atom stereocenters. The maximum absolute atomic E-state index is 13.3. The first kappa shape index (κ1) is 26.0. The standard InChI is InChI=1S/C26H33N3O6/c1-7-28(8-2)12-13-29-22(17-10-9-11-18(14-17)34-5)20(24(31)25(29)32)23(30)19-15(3)21(26(33)35-6)27-16(19)4/h9-11,14,22,27,30H,7-8,12-13H2,1-6H3/t22-/m1/s1. The SMILES string of the molecule is CCN(CC)CCN1C(=O)C(=O)C(=C(O)c2c(C)[nH]c(C(=O)OC)c2C)[C@H]1c1cccc(OC)c1. The summed E-state index contributed by atoms with van der Waals surface area (Å²) in [4.78, 5) is 45.3.